The van der Waals surface area contributed by atoms with Crippen LogP contribution >= 0.6 is 11.3 Å². The number of rotatable bonds is 5. The fourth-order valence-electron chi connectivity index (χ4n) is 4.48. The average molecular weight is 412 g/mol. The average Bonchev–Trinajstić information content (AvgIpc) is 3.34. The first-order valence-corrected chi connectivity index (χ1v) is 11.6. The molecular formula is C23H29N3O2S. The van der Waals surface area contributed by atoms with Gasteiger partial charge < -0.3 is 15.5 Å². The maximum atomic E-state index is 12.5. The summed E-state index contributed by atoms with van der Waals surface area (Å²) >= 11 is 1.69. The van der Waals surface area contributed by atoms with Crippen LogP contribution in [0.15, 0.2) is 41.8 Å². The van der Waals surface area contributed by atoms with Crippen molar-refractivity contribution in [1.82, 2.24) is 10.6 Å². The number of fused-ring (bicyclic) bond motifs is 1. The Bertz CT molecular complexity index is 828. The van der Waals surface area contributed by atoms with Crippen LogP contribution in [-0.4, -0.2) is 30.9 Å². The van der Waals surface area contributed by atoms with Gasteiger partial charge in [0.2, 0.25) is 0 Å². The first kappa shape index (κ1) is 20.0. The van der Waals surface area contributed by atoms with E-state index in [0.717, 1.165) is 38.6 Å². The molecule has 154 valence electrons. The van der Waals surface area contributed by atoms with Gasteiger partial charge in [-0.15, -0.1) is 11.3 Å². The Balaban J connectivity index is 1.40. The molecule has 4 rings (SSSR count). The molecule has 0 spiro atoms. The normalized spacial score (nSPS) is 18.0. The summed E-state index contributed by atoms with van der Waals surface area (Å²) in [6.07, 6.45) is 7.65. The SMILES string of the molecule is O=C(NC[C@@H](c1cccs1)N1CCc2ccccc21)C(=O)NC1CCCCCC1. The Morgan fingerprint density at radius 2 is 1.83 bits per heavy atom. The van der Waals surface area contributed by atoms with Crippen LogP contribution < -0.4 is 15.5 Å². The molecule has 0 radical (unpaired) electrons. The van der Waals surface area contributed by atoms with Gasteiger partial charge in [0.25, 0.3) is 0 Å². The van der Waals surface area contributed by atoms with Crippen molar-refractivity contribution in [3.05, 3.63) is 52.2 Å². The first-order chi connectivity index (χ1) is 14.2. The summed E-state index contributed by atoms with van der Waals surface area (Å²) in [7, 11) is 0. The van der Waals surface area contributed by atoms with Crippen LogP contribution in [0.4, 0.5) is 5.69 Å². The topological polar surface area (TPSA) is 61.4 Å². The van der Waals surface area contributed by atoms with Crippen molar-refractivity contribution in [2.24, 2.45) is 0 Å². The van der Waals surface area contributed by atoms with Crippen LogP contribution in [-0.2, 0) is 16.0 Å². The first-order valence-electron chi connectivity index (χ1n) is 10.7. The molecule has 2 aromatic rings. The zero-order valence-electron chi connectivity index (χ0n) is 16.7. The minimum absolute atomic E-state index is 0.0354. The Labute approximate surface area is 176 Å². The lowest BCUT2D eigenvalue weighted by Crippen LogP contribution is -2.46. The molecule has 1 aliphatic carbocycles. The van der Waals surface area contributed by atoms with Gasteiger partial charge in [-0.25, -0.2) is 0 Å². The van der Waals surface area contributed by atoms with Gasteiger partial charge in [0.1, 0.15) is 0 Å². The minimum Gasteiger partial charge on any atom is -0.361 e. The van der Waals surface area contributed by atoms with E-state index in [1.54, 1.807) is 11.3 Å². The number of para-hydroxylation sites is 1. The third-order valence-electron chi connectivity index (χ3n) is 6.02. The molecule has 1 atom stereocenters. The maximum Gasteiger partial charge on any atom is 0.309 e. The summed E-state index contributed by atoms with van der Waals surface area (Å²) in [4.78, 5) is 28.5. The van der Waals surface area contributed by atoms with Gasteiger partial charge in [-0.05, 0) is 42.3 Å². The monoisotopic (exact) mass is 411 g/mol. The molecule has 2 aliphatic rings. The zero-order valence-corrected chi connectivity index (χ0v) is 17.5. The summed E-state index contributed by atoms with van der Waals surface area (Å²) < 4.78 is 0. The van der Waals surface area contributed by atoms with Gasteiger partial charge in [0.05, 0.1) is 6.04 Å². The molecule has 0 bridgehead atoms. The van der Waals surface area contributed by atoms with E-state index in [-0.39, 0.29) is 12.1 Å². The van der Waals surface area contributed by atoms with E-state index in [0.29, 0.717) is 6.54 Å². The largest absolute Gasteiger partial charge is 0.361 e. The Morgan fingerprint density at radius 3 is 2.59 bits per heavy atom. The van der Waals surface area contributed by atoms with Crippen LogP contribution in [0, 0.1) is 0 Å². The Kier molecular flexibility index (Phi) is 6.49. The van der Waals surface area contributed by atoms with Crippen molar-refractivity contribution in [1.29, 1.82) is 0 Å². The lowest BCUT2D eigenvalue weighted by Gasteiger charge is -2.30. The molecule has 2 N–H and O–H groups in total. The Hall–Kier alpha value is -2.34. The van der Waals surface area contributed by atoms with E-state index < -0.39 is 11.8 Å². The van der Waals surface area contributed by atoms with Crippen LogP contribution in [0.25, 0.3) is 0 Å². The molecule has 0 saturated heterocycles. The van der Waals surface area contributed by atoms with E-state index in [9.17, 15) is 9.59 Å². The highest BCUT2D eigenvalue weighted by Crippen LogP contribution is 2.36. The van der Waals surface area contributed by atoms with Crippen molar-refractivity contribution in [3.63, 3.8) is 0 Å². The van der Waals surface area contributed by atoms with E-state index in [1.165, 1.54) is 29.0 Å². The molecule has 29 heavy (non-hydrogen) atoms. The summed E-state index contributed by atoms with van der Waals surface area (Å²) in [5.74, 6) is -1.02. The lowest BCUT2D eigenvalue weighted by molar-refractivity contribution is -0.139. The minimum atomic E-state index is -0.525. The third kappa shape index (κ3) is 4.81. The zero-order chi connectivity index (χ0) is 20.1. The van der Waals surface area contributed by atoms with Gasteiger partial charge in [-0.1, -0.05) is 49.9 Å². The molecule has 1 aromatic carbocycles. The second-order valence-electron chi connectivity index (χ2n) is 7.98. The second-order valence-corrected chi connectivity index (χ2v) is 8.95. The Morgan fingerprint density at radius 1 is 1.03 bits per heavy atom. The quantitative estimate of drug-likeness (QED) is 0.581. The predicted octanol–water partition coefficient (Wildman–Crippen LogP) is 3.81. The van der Waals surface area contributed by atoms with Gasteiger partial charge in [0.15, 0.2) is 0 Å². The number of carbonyl (C=O) groups excluding carboxylic acids is 2. The number of anilines is 1. The van der Waals surface area contributed by atoms with Crippen molar-refractivity contribution in [2.45, 2.75) is 57.0 Å². The standard InChI is InChI=1S/C23H29N3O2S/c27-22(23(28)25-18-9-3-1-2-4-10-18)24-16-20(21-12-7-15-29-21)26-14-13-17-8-5-6-11-19(17)26/h5-8,11-12,15,18,20H,1-4,9-10,13-14,16H2,(H,24,27)(H,25,28)/t20-/m0/s1. The highest BCUT2D eigenvalue weighted by atomic mass is 32.1. The molecular weight excluding hydrogens is 382 g/mol. The molecule has 1 aliphatic heterocycles. The molecule has 1 aromatic heterocycles. The van der Waals surface area contributed by atoms with E-state index >= 15 is 0 Å². The van der Waals surface area contributed by atoms with Crippen molar-refractivity contribution < 1.29 is 9.59 Å². The summed E-state index contributed by atoms with van der Waals surface area (Å²) in [5.41, 5.74) is 2.56. The third-order valence-corrected chi connectivity index (χ3v) is 7.00. The van der Waals surface area contributed by atoms with E-state index in [4.69, 9.17) is 0 Å². The van der Waals surface area contributed by atoms with Crippen LogP contribution in [0.2, 0.25) is 0 Å². The van der Waals surface area contributed by atoms with Crippen LogP contribution in [0.1, 0.15) is 55.0 Å². The summed E-state index contributed by atoms with van der Waals surface area (Å²) in [6.45, 7) is 1.35. The molecule has 2 amide bonds. The van der Waals surface area contributed by atoms with Gasteiger partial charge in [0, 0.05) is 29.7 Å². The predicted molar refractivity (Wildman–Crippen MR) is 117 cm³/mol. The summed E-state index contributed by atoms with van der Waals surface area (Å²) in [5, 5.41) is 7.90. The highest BCUT2D eigenvalue weighted by molar-refractivity contribution is 7.10. The summed E-state index contributed by atoms with van der Waals surface area (Å²) in [6, 6.07) is 12.7. The van der Waals surface area contributed by atoms with Gasteiger partial charge >= 0.3 is 11.8 Å². The van der Waals surface area contributed by atoms with Crippen molar-refractivity contribution in [3.8, 4) is 0 Å². The van der Waals surface area contributed by atoms with E-state index in [2.05, 4.69) is 51.2 Å². The number of carbonyl (C=O) groups is 2. The van der Waals surface area contributed by atoms with Crippen molar-refractivity contribution in [2.75, 3.05) is 18.0 Å². The molecule has 6 heteroatoms. The molecule has 1 saturated carbocycles. The number of benzene rings is 1. The molecule has 1 fully saturated rings. The molecule has 5 nitrogen and oxygen atoms in total. The molecule has 0 unspecified atom stereocenters. The number of thiophene rings is 1. The fourth-order valence-corrected chi connectivity index (χ4v) is 5.32. The lowest BCUT2D eigenvalue weighted by atomic mass is 10.1. The number of hydrogen-bond donors (Lipinski definition) is 2. The highest BCUT2D eigenvalue weighted by Gasteiger charge is 2.29. The smallest absolute Gasteiger partial charge is 0.309 e. The number of nitrogens with one attached hydrogen (secondary N) is 2. The second kappa shape index (κ2) is 9.44. The van der Waals surface area contributed by atoms with Gasteiger partial charge in [-0.3, -0.25) is 9.59 Å². The number of amides is 2. The van der Waals surface area contributed by atoms with Crippen molar-refractivity contribution >= 4 is 28.8 Å². The molecule has 2 heterocycles. The van der Waals surface area contributed by atoms with Crippen LogP contribution in [0.5, 0.6) is 0 Å². The van der Waals surface area contributed by atoms with E-state index in [1.807, 2.05) is 6.07 Å². The maximum absolute atomic E-state index is 12.5. The fraction of sp³-hybridized carbons (Fsp3) is 0.478. The number of nitrogens with zero attached hydrogens (tertiary/aromatic N) is 1. The van der Waals surface area contributed by atoms with Gasteiger partial charge in [-0.2, -0.15) is 0 Å². The van der Waals surface area contributed by atoms with Crippen LogP contribution in [0.3, 0.4) is 0 Å². The number of hydrogen-bond acceptors (Lipinski definition) is 4.